The number of amides is 1. The first kappa shape index (κ1) is 15.7. The molecule has 0 spiro atoms. The van der Waals surface area contributed by atoms with Crippen LogP contribution in [0.15, 0.2) is 53.3 Å². The standard InChI is InChI=1S/C18H17N3O3/c1-12-16(17(21-24-12)13-7-9-19-10-8-13)18(22)20-11-14-5-3-4-6-15(14)23-2/h3-10H,11H2,1-2H3,(H,20,22). The number of carbonyl (C=O) groups is 1. The molecule has 2 heterocycles. The van der Waals surface area contributed by atoms with E-state index >= 15 is 0 Å². The van der Waals surface area contributed by atoms with Gasteiger partial charge in [-0.15, -0.1) is 0 Å². The summed E-state index contributed by atoms with van der Waals surface area (Å²) in [5, 5.41) is 6.90. The Balaban J connectivity index is 1.82. The van der Waals surface area contributed by atoms with Crippen LogP contribution in [0.5, 0.6) is 5.75 Å². The van der Waals surface area contributed by atoms with E-state index in [0.29, 0.717) is 23.6 Å². The summed E-state index contributed by atoms with van der Waals surface area (Å²) in [6, 6.07) is 11.1. The summed E-state index contributed by atoms with van der Waals surface area (Å²) in [5.74, 6) is 0.958. The van der Waals surface area contributed by atoms with Crippen molar-refractivity contribution in [1.29, 1.82) is 0 Å². The van der Waals surface area contributed by atoms with E-state index in [1.165, 1.54) is 0 Å². The molecule has 0 bridgehead atoms. The van der Waals surface area contributed by atoms with Crippen molar-refractivity contribution in [3.05, 3.63) is 65.7 Å². The Hall–Kier alpha value is -3.15. The van der Waals surface area contributed by atoms with E-state index in [9.17, 15) is 4.79 Å². The summed E-state index contributed by atoms with van der Waals surface area (Å²) < 4.78 is 10.5. The number of aromatic nitrogens is 2. The number of hydrogen-bond acceptors (Lipinski definition) is 5. The zero-order valence-corrected chi connectivity index (χ0v) is 13.4. The number of rotatable bonds is 5. The minimum absolute atomic E-state index is 0.244. The van der Waals surface area contributed by atoms with Gasteiger partial charge < -0.3 is 14.6 Å². The zero-order valence-electron chi connectivity index (χ0n) is 13.4. The second-order valence-corrected chi connectivity index (χ2v) is 5.19. The Bertz CT molecular complexity index is 844. The molecule has 0 saturated heterocycles. The Kier molecular flexibility index (Phi) is 4.56. The van der Waals surface area contributed by atoms with Gasteiger partial charge in [-0.25, -0.2) is 0 Å². The van der Waals surface area contributed by atoms with Crippen LogP contribution >= 0.6 is 0 Å². The van der Waals surface area contributed by atoms with Crippen LogP contribution in [-0.4, -0.2) is 23.2 Å². The normalized spacial score (nSPS) is 10.4. The molecule has 0 saturated carbocycles. The number of benzene rings is 1. The van der Waals surface area contributed by atoms with Gasteiger partial charge in [0.2, 0.25) is 0 Å². The molecular weight excluding hydrogens is 306 g/mol. The maximum absolute atomic E-state index is 12.6. The summed E-state index contributed by atoms with van der Waals surface area (Å²) in [5.41, 5.74) is 2.61. The lowest BCUT2D eigenvalue weighted by atomic mass is 10.1. The van der Waals surface area contributed by atoms with Crippen molar-refractivity contribution >= 4 is 5.91 Å². The van der Waals surface area contributed by atoms with Gasteiger partial charge in [-0.3, -0.25) is 9.78 Å². The van der Waals surface area contributed by atoms with Crippen LogP contribution in [0.1, 0.15) is 21.7 Å². The molecule has 0 unspecified atom stereocenters. The van der Waals surface area contributed by atoms with Crippen molar-refractivity contribution in [1.82, 2.24) is 15.5 Å². The first-order valence-corrected chi connectivity index (χ1v) is 7.47. The molecule has 0 radical (unpaired) electrons. The third-order valence-corrected chi connectivity index (χ3v) is 3.68. The summed E-state index contributed by atoms with van der Waals surface area (Å²) in [6.07, 6.45) is 3.30. The van der Waals surface area contributed by atoms with Crippen LogP contribution in [0.2, 0.25) is 0 Å². The molecule has 0 aliphatic carbocycles. The molecule has 0 fully saturated rings. The van der Waals surface area contributed by atoms with Gasteiger partial charge in [0.25, 0.3) is 5.91 Å². The Morgan fingerprint density at radius 3 is 2.71 bits per heavy atom. The van der Waals surface area contributed by atoms with Gasteiger partial charge in [0, 0.05) is 30.1 Å². The van der Waals surface area contributed by atoms with Gasteiger partial charge in [0.15, 0.2) is 0 Å². The Morgan fingerprint density at radius 1 is 1.21 bits per heavy atom. The van der Waals surface area contributed by atoms with Gasteiger partial charge >= 0.3 is 0 Å². The lowest BCUT2D eigenvalue weighted by Gasteiger charge is -2.09. The lowest BCUT2D eigenvalue weighted by Crippen LogP contribution is -2.24. The van der Waals surface area contributed by atoms with E-state index < -0.39 is 0 Å². The van der Waals surface area contributed by atoms with E-state index in [0.717, 1.165) is 16.9 Å². The highest BCUT2D eigenvalue weighted by molar-refractivity contribution is 6.00. The number of pyridine rings is 1. The fourth-order valence-corrected chi connectivity index (χ4v) is 2.46. The van der Waals surface area contributed by atoms with Gasteiger partial charge in [0.1, 0.15) is 22.8 Å². The molecule has 1 amide bonds. The third-order valence-electron chi connectivity index (χ3n) is 3.68. The van der Waals surface area contributed by atoms with Gasteiger partial charge in [-0.2, -0.15) is 0 Å². The van der Waals surface area contributed by atoms with Crippen LogP contribution in [-0.2, 0) is 6.54 Å². The topological polar surface area (TPSA) is 77.2 Å². The molecule has 6 nitrogen and oxygen atoms in total. The molecule has 122 valence electrons. The van der Waals surface area contributed by atoms with Crippen LogP contribution in [0.3, 0.4) is 0 Å². The highest BCUT2D eigenvalue weighted by atomic mass is 16.5. The molecule has 0 aliphatic rings. The molecule has 1 aromatic carbocycles. The SMILES string of the molecule is COc1ccccc1CNC(=O)c1c(-c2ccncc2)noc1C. The predicted molar refractivity (Wildman–Crippen MR) is 88.6 cm³/mol. The molecule has 1 N–H and O–H groups in total. The average Bonchev–Trinajstić information content (AvgIpc) is 3.02. The van der Waals surface area contributed by atoms with E-state index in [1.807, 2.05) is 24.3 Å². The summed E-state index contributed by atoms with van der Waals surface area (Å²) in [4.78, 5) is 16.6. The number of carbonyl (C=O) groups excluding carboxylic acids is 1. The molecular formula is C18H17N3O3. The van der Waals surface area contributed by atoms with Crippen LogP contribution in [0.25, 0.3) is 11.3 Å². The van der Waals surface area contributed by atoms with Crippen LogP contribution < -0.4 is 10.1 Å². The Labute approximate surface area is 139 Å². The number of nitrogens with one attached hydrogen (secondary N) is 1. The minimum atomic E-state index is -0.244. The van der Waals surface area contributed by atoms with E-state index in [-0.39, 0.29) is 5.91 Å². The summed E-state index contributed by atoms with van der Waals surface area (Å²) in [6.45, 7) is 2.07. The van der Waals surface area contributed by atoms with Crippen molar-refractivity contribution in [2.45, 2.75) is 13.5 Å². The zero-order chi connectivity index (χ0) is 16.9. The van der Waals surface area contributed by atoms with Crippen molar-refractivity contribution in [3.63, 3.8) is 0 Å². The Morgan fingerprint density at radius 2 is 1.96 bits per heavy atom. The quantitative estimate of drug-likeness (QED) is 0.781. The molecule has 3 rings (SSSR count). The van der Waals surface area contributed by atoms with E-state index in [2.05, 4.69) is 15.5 Å². The number of aryl methyl sites for hydroxylation is 1. The van der Waals surface area contributed by atoms with Gasteiger partial charge in [-0.05, 0) is 25.1 Å². The fourth-order valence-electron chi connectivity index (χ4n) is 2.46. The van der Waals surface area contributed by atoms with Gasteiger partial charge in [0.05, 0.1) is 7.11 Å². The second kappa shape index (κ2) is 6.95. The predicted octanol–water partition coefficient (Wildman–Crippen LogP) is 2.98. The summed E-state index contributed by atoms with van der Waals surface area (Å²) in [7, 11) is 1.60. The maximum atomic E-state index is 12.6. The second-order valence-electron chi connectivity index (χ2n) is 5.19. The van der Waals surface area contributed by atoms with Crippen LogP contribution in [0.4, 0.5) is 0 Å². The average molecular weight is 323 g/mol. The van der Waals surface area contributed by atoms with E-state index in [4.69, 9.17) is 9.26 Å². The smallest absolute Gasteiger partial charge is 0.257 e. The molecule has 0 atom stereocenters. The lowest BCUT2D eigenvalue weighted by molar-refractivity contribution is 0.0949. The third kappa shape index (κ3) is 3.12. The van der Waals surface area contributed by atoms with Crippen molar-refractivity contribution in [2.75, 3.05) is 7.11 Å². The number of nitrogens with zero attached hydrogens (tertiary/aromatic N) is 2. The molecule has 0 aliphatic heterocycles. The van der Waals surface area contributed by atoms with Gasteiger partial charge in [-0.1, -0.05) is 23.4 Å². The molecule has 24 heavy (non-hydrogen) atoms. The first-order valence-electron chi connectivity index (χ1n) is 7.47. The van der Waals surface area contributed by atoms with Crippen LogP contribution in [0, 0.1) is 6.92 Å². The van der Waals surface area contributed by atoms with Crippen molar-refractivity contribution < 1.29 is 14.1 Å². The fraction of sp³-hybridized carbons (Fsp3) is 0.167. The largest absolute Gasteiger partial charge is 0.496 e. The monoisotopic (exact) mass is 323 g/mol. The molecule has 2 aromatic heterocycles. The number of ether oxygens (including phenoxy) is 1. The highest BCUT2D eigenvalue weighted by Gasteiger charge is 2.21. The minimum Gasteiger partial charge on any atom is -0.496 e. The number of para-hydroxylation sites is 1. The van der Waals surface area contributed by atoms with E-state index in [1.54, 1.807) is 38.6 Å². The number of hydrogen-bond donors (Lipinski definition) is 1. The maximum Gasteiger partial charge on any atom is 0.257 e. The molecule has 6 heteroatoms. The molecule has 3 aromatic rings. The van der Waals surface area contributed by atoms with Crippen molar-refractivity contribution in [3.8, 4) is 17.0 Å². The summed E-state index contributed by atoms with van der Waals surface area (Å²) >= 11 is 0. The van der Waals surface area contributed by atoms with Crippen molar-refractivity contribution in [2.24, 2.45) is 0 Å². The highest BCUT2D eigenvalue weighted by Crippen LogP contribution is 2.25. The first-order chi connectivity index (χ1) is 11.7. The number of methoxy groups -OCH3 is 1.